The molecule has 1 atom stereocenters. The number of nitrogens with one attached hydrogen (secondary N) is 1. The van der Waals surface area contributed by atoms with E-state index < -0.39 is 0 Å². The molecule has 1 aliphatic heterocycles. The van der Waals surface area contributed by atoms with Gasteiger partial charge in [0.2, 0.25) is 10.1 Å². The minimum absolute atomic E-state index is 0.0771. The zero-order valence-electron chi connectivity index (χ0n) is 14.4. The van der Waals surface area contributed by atoms with Gasteiger partial charge in [-0.1, -0.05) is 31.1 Å². The van der Waals surface area contributed by atoms with E-state index in [1.807, 2.05) is 0 Å². The first-order chi connectivity index (χ1) is 12.1. The molecule has 1 aliphatic carbocycles. The van der Waals surface area contributed by atoms with Crippen molar-refractivity contribution in [1.82, 2.24) is 19.9 Å². The lowest BCUT2D eigenvalue weighted by Gasteiger charge is -2.30. The predicted octanol–water partition coefficient (Wildman–Crippen LogP) is 2.06. The van der Waals surface area contributed by atoms with Crippen molar-refractivity contribution in [2.24, 2.45) is 5.92 Å². The summed E-state index contributed by atoms with van der Waals surface area (Å²) in [7, 11) is 0. The number of carbonyl (C=O) groups is 1. The lowest BCUT2D eigenvalue weighted by Crippen LogP contribution is -2.37. The summed E-state index contributed by atoms with van der Waals surface area (Å²) in [5, 5.41) is 8.21. The number of amides is 1. The molecule has 2 aromatic rings. The van der Waals surface area contributed by atoms with Gasteiger partial charge in [-0.2, -0.15) is 4.52 Å². The van der Waals surface area contributed by atoms with Crippen molar-refractivity contribution in [3.05, 3.63) is 22.1 Å². The first-order valence-electron chi connectivity index (χ1n) is 9.06. The second-order valence-corrected chi connectivity index (χ2v) is 8.14. The van der Waals surface area contributed by atoms with Gasteiger partial charge in [0, 0.05) is 25.3 Å². The van der Waals surface area contributed by atoms with Crippen LogP contribution in [0.4, 0.5) is 5.13 Å². The van der Waals surface area contributed by atoms with Crippen LogP contribution in [0.15, 0.2) is 11.0 Å². The molecule has 4 rings (SSSR count). The summed E-state index contributed by atoms with van der Waals surface area (Å²) in [5.74, 6) is 0.290. The maximum atomic E-state index is 12.7. The second-order valence-electron chi connectivity index (χ2n) is 7.20. The van der Waals surface area contributed by atoms with Gasteiger partial charge in [0.1, 0.15) is 5.56 Å². The average Bonchev–Trinajstić information content (AvgIpc) is 3.24. The Morgan fingerprint density at radius 1 is 1.28 bits per heavy atom. The Balaban J connectivity index is 1.61. The summed E-state index contributed by atoms with van der Waals surface area (Å²) in [6.45, 7) is 4.13. The van der Waals surface area contributed by atoms with E-state index in [9.17, 15) is 9.59 Å². The number of hydrogen-bond acceptors (Lipinski definition) is 6. The third-order valence-corrected chi connectivity index (χ3v) is 6.12. The van der Waals surface area contributed by atoms with Crippen molar-refractivity contribution in [3.63, 3.8) is 0 Å². The van der Waals surface area contributed by atoms with Crippen LogP contribution in [0.5, 0.6) is 0 Å². The highest BCUT2D eigenvalue weighted by Crippen LogP contribution is 2.26. The fourth-order valence-corrected chi connectivity index (χ4v) is 4.65. The Labute approximate surface area is 150 Å². The van der Waals surface area contributed by atoms with E-state index in [0.717, 1.165) is 50.3 Å². The van der Waals surface area contributed by atoms with Gasteiger partial charge in [0.25, 0.3) is 11.5 Å². The third-order valence-electron chi connectivity index (χ3n) is 5.14. The van der Waals surface area contributed by atoms with Crippen LogP contribution in [0.1, 0.15) is 55.8 Å². The molecule has 2 fully saturated rings. The summed E-state index contributed by atoms with van der Waals surface area (Å²) in [5.41, 5.74) is -0.304. The number of hydrogen-bond donors (Lipinski definition) is 1. The van der Waals surface area contributed by atoms with Crippen molar-refractivity contribution >= 4 is 27.3 Å². The molecule has 0 radical (unpaired) electrons. The number of carbonyl (C=O) groups excluding carboxylic acids is 1. The Morgan fingerprint density at radius 2 is 2.08 bits per heavy atom. The molecule has 1 saturated heterocycles. The van der Waals surface area contributed by atoms with Crippen LogP contribution in [0, 0.1) is 5.92 Å². The molecular formula is C17H23N5O2S. The number of piperidine rings is 1. The second kappa shape index (κ2) is 6.74. The average molecular weight is 361 g/mol. The third kappa shape index (κ3) is 3.27. The van der Waals surface area contributed by atoms with Crippen LogP contribution in [0.25, 0.3) is 4.96 Å². The summed E-state index contributed by atoms with van der Waals surface area (Å²) < 4.78 is 1.28. The summed E-state index contributed by atoms with van der Waals surface area (Å²) in [6, 6.07) is 0.174. The Hall–Kier alpha value is -1.96. The zero-order chi connectivity index (χ0) is 17.4. The van der Waals surface area contributed by atoms with Gasteiger partial charge < -0.3 is 10.2 Å². The molecular weight excluding hydrogens is 338 g/mol. The highest BCUT2D eigenvalue weighted by atomic mass is 32.1. The van der Waals surface area contributed by atoms with E-state index >= 15 is 0 Å². The van der Waals surface area contributed by atoms with E-state index in [-0.39, 0.29) is 23.1 Å². The van der Waals surface area contributed by atoms with E-state index in [4.69, 9.17) is 0 Å². The molecule has 1 amide bonds. The van der Waals surface area contributed by atoms with Crippen molar-refractivity contribution in [1.29, 1.82) is 0 Å². The fraction of sp³-hybridized carbons (Fsp3) is 0.647. The van der Waals surface area contributed by atoms with Crippen LogP contribution in [0.2, 0.25) is 0 Å². The van der Waals surface area contributed by atoms with Crippen LogP contribution in [0.3, 0.4) is 0 Å². The molecule has 134 valence electrons. The predicted molar refractivity (Wildman–Crippen MR) is 97.5 cm³/mol. The Morgan fingerprint density at radius 3 is 2.84 bits per heavy atom. The first kappa shape index (κ1) is 16.5. The van der Waals surface area contributed by atoms with Crippen molar-refractivity contribution < 1.29 is 4.79 Å². The van der Waals surface area contributed by atoms with Gasteiger partial charge in [0.15, 0.2) is 0 Å². The zero-order valence-corrected chi connectivity index (χ0v) is 15.2. The van der Waals surface area contributed by atoms with Gasteiger partial charge >= 0.3 is 0 Å². The molecule has 2 aromatic heterocycles. The Bertz CT molecular complexity index is 839. The van der Waals surface area contributed by atoms with Crippen LogP contribution in [-0.4, -0.2) is 39.6 Å². The topological polar surface area (TPSA) is 79.6 Å². The molecule has 2 aliphatic rings. The van der Waals surface area contributed by atoms with Crippen molar-refractivity contribution in [3.8, 4) is 0 Å². The smallest absolute Gasteiger partial charge is 0.288 e. The fourth-order valence-electron chi connectivity index (χ4n) is 3.76. The molecule has 0 aromatic carbocycles. The maximum Gasteiger partial charge on any atom is 0.288 e. The minimum Gasteiger partial charge on any atom is -0.349 e. The molecule has 25 heavy (non-hydrogen) atoms. The molecule has 0 bridgehead atoms. The molecule has 8 heteroatoms. The molecule has 1 N–H and O–H groups in total. The molecule has 0 unspecified atom stereocenters. The number of rotatable bonds is 3. The van der Waals surface area contributed by atoms with Gasteiger partial charge in [-0.05, 0) is 31.6 Å². The van der Waals surface area contributed by atoms with E-state index in [0.29, 0.717) is 10.9 Å². The number of fused-ring (bicyclic) bond motifs is 1. The Kier molecular flexibility index (Phi) is 4.45. The van der Waals surface area contributed by atoms with Crippen LogP contribution < -0.4 is 15.8 Å². The van der Waals surface area contributed by atoms with Crippen molar-refractivity contribution in [2.75, 3.05) is 18.0 Å². The molecule has 7 nitrogen and oxygen atoms in total. The lowest BCUT2D eigenvalue weighted by molar-refractivity contribution is 0.0935. The molecule has 0 spiro atoms. The monoisotopic (exact) mass is 361 g/mol. The number of nitrogens with zero attached hydrogens (tertiary/aromatic N) is 4. The number of aromatic nitrogens is 3. The SMILES string of the molecule is C[C@@H]1CCCN(c2nn3c(=O)c(C(=O)NC4CCCC4)cnc3s2)C1. The highest BCUT2D eigenvalue weighted by Gasteiger charge is 2.23. The molecule has 1 saturated carbocycles. The van der Waals surface area contributed by atoms with E-state index in [1.165, 1.54) is 28.5 Å². The van der Waals surface area contributed by atoms with E-state index in [1.54, 1.807) is 0 Å². The summed E-state index contributed by atoms with van der Waals surface area (Å²) in [4.78, 5) is 32.2. The normalized spacial score (nSPS) is 21.8. The van der Waals surface area contributed by atoms with Crippen molar-refractivity contribution in [2.45, 2.75) is 51.5 Å². The highest BCUT2D eigenvalue weighted by molar-refractivity contribution is 7.20. The maximum absolute atomic E-state index is 12.7. The van der Waals surface area contributed by atoms with Gasteiger partial charge in [-0.25, -0.2) is 4.98 Å². The summed E-state index contributed by atoms with van der Waals surface area (Å²) in [6.07, 6.45) is 7.98. The standard InChI is InChI=1S/C17H23N5O2S/c1-11-5-4-8-21(10-11)17-20-22-15(24)13(9-18-16(22)25-17)14(23)19-12-6-2-3-7-12/h9,11-12H,2-8,10H2,1H3,(H,19,23)/t11-/m1/s1. The molecule has 3 heterocycles. The van der Waals surface area contributed by atoms with Gasteiger partial charge in [-0.15, -0.1) is 5.10 Å². The summed E-state index contributed by atoms with van der Waals surface area (Å²) >= 11 is 1.41. The van der Waals surface area contributed by atoms with E-state index in [2.05, 4.69) is 27.2 Å². The quantitative estimate of drug-likeness (QED) is 0.905. The minimum atomic E-state index is -0.381. The van der Waals surface area contributed by atoms with Gasteiger partial charge in [-0.3, -0.25) is 9.59 Å². The lowest BCUT2D eigenvalue weighted by atomic mass is 10.0. The van der Waals surface area contributed by atoms with Crippen LogP contribution in [-0.2, 0) is 0 Å². The number of anilines is 1. The largest absolute Gasteiger partial charge is 0.349 e. The van der Waals surface area contributed by atoms with Crippen LogP contribution >= 0.6 is 11.3 Å². The first-order valence-corrected chi connectivity index (χ1v) is 9.88. The van der Waals surface area contributed by atoms with Gasteiger partial charge in [0.05, 0.1) is 0 Å².